The molecule has 29 heavy (non-hydrogen) atoms. The lowest BCUT2D eigenvalue weighted by atomic mass is 10.2. The highest BCUT2D eigenvalue weighted by atomic mass is 19.3. The van der Waals surface area contributed by atoms with Crippen LogP contribution in [-0.2, 0) is 11.3 Å². The average molecular weight is 414 g/mol. The smallest absolute Gasteiger partial charge is 0.387 e. The fraction of sp³-hybridized carbons (Fsp3) is 0.650. The molecule has 7 nitrogen and oxygen atoms in total. The first kappa shape index (κ1) is 23.2. The van der Waals surface area contributed by atoms with Gasteiger partial charge in [-0.2, -0.15) is 8.78 Å². The zero-order valence-electron chi connectivity index (χ0n) is 17.4. The molecule has 0 aliphatic carbocycles. The fourth-order valence-electron chi connectivity index (χ4n) is 3.02. The van der Waals surface area contributed by atoms with E-state index in [1.807, 2.05) is 6.92 Å². The van der Waals surface area contributed by atoms with E-state index >= 15 is 0 Å². The van der Waals surface area contributed by atoms with Crippen molar-refractivity contribution in [3.8, 4) is 11.5 Å². The van der Waals surface area contributed by atoms with Crippen LogP contribution in [0.2, 0.25) is 0 Å². The summed E-state index contributed by atoms with van der Waals surface area (Å²) in [7, 11) is 0. The number of aliphatic imine (C=N–C) groups is 1. The Labute approximate surface area is 171 Å². The van der Waals surface area contributed by atoms with Gasteiger partial charge in [-0.25, -0.2) is 4.99 Å². The maximum atomic E-state index is 12.5. The number of guanidine groups is 1. The Morgan fingerprint density at radius 2 is 1.97 bits per heavy atom. The summed E-state index contributed by atoms with van der Waals surface area (Å²) in [5, 5.41) is 6.60. The summed E-state index contributed by atoms with van der Waals surface area (Å²) in [4.78, 5) is 6.98. The third kappa shape index (κ3) is 8.02. The highest BCUT2D eigenvalue weighted by Crippen LogP contribution is 2.30. The van der Waals surface area contributed by atoms with E-state index in [-0.39, 0.29) is 5.75 Å². The summed E-state index contributed by atoms with van der Waals surface area (Å²) >= 11 is 0. The van der Waals surface area contributed by atoms with Crippen LogP contribution in [0.4, 0.5) is 8.78 Å². The van der Waals surface area contributed by atoms with E-state index in [1.54, 1.807) is 19.1 Å². The Morgan fingerprint density at radius 3 is 2.62 bits per heavy atom. The minimum absolute atomic E-state index is 0.0268. The van der Waals surface area contributed by atoms with Crippen LogP contribution in [0.3, 0.4) is 0 Å². The molecule has 9 heteroatoms. The number of rotatable bonds is 10. The summed E-state index contributed by atoms with van der Waals surface area (Å²) in [6.45, 7) is 8.73. The van der Waals surface area contributed by atoms with Gasteiger partial charge in [0.05, 0.1) is 26.4 Å². The van der Waals surface area contributed by atoms with Crippen molar-refractivity contribution in [3.05, 3.63) is 23.8 Å². The summed E-state index contributed by atoms with van der Waals surface area (Å²) in [6, 6.07) is 5.25. The summed E-state index contributed by atoms with van der Waals surface area (Å²) in [6.07, 6.45) is 0. The molecule has 1 aromatic carbocycles. The number of benzene rings is 1. The van der Waals surface area contributed by atoms with Crippen molar-refractivity contribution in [2.24, 2.45) is 4.99 Å². The predicted octanol–water partition coefficient (Wildman–Crippen LogP) is 2.46. The van der Waals surface area contributed by atoms with E-state index in [0.717, 1.165) is 45.0 Å². The molecule has 0 bridgehead atoms. The second-order valence-corrected chi connectivity index (χ2v) is 6.67. The topological polar surface area (TPSA) is 67.4 Å². The quantitative estimate of drug-likeness (QED) is 0.453. The van der Waals surface area contributed by atoms with E-state index in [0.29, 0.717) is 30.9 Å². The molecule has 2 rings (SSSR count). The number of nitrogens with zero attached hydrogens (tertiary/aromatic N) is 2. The van der Waals surface area contributed by atoms with Gasteiger partial charge in [-0.05, 0) is 38.5 Å². The molecule has 1 heterocycles. The Hall–Kier alpha value is -2.13. The molecule has 0 saturated carbocycles. The van der Waals surface area contributed by atoms with Crippen molar-refractivity contribution in [1.82, 2.24) is 15.5 Å². The number of hydrogen-bond donors (Lipinski definition) is 2. The highest BCUT2D eigenvalue weighted by Gasteiger charge is 2.17. The summed E-state index contributed by atoms with van der Waals surface area (Å²) in [5.74, 6) is 1.02. The molecule has 0 radical (unpaired) electrons. The zero-order chi connectivity index (χ0) is 21.1. The number of morpholine rings is 1. The van der Waals surface area contributed by atoms with E-state index in [9.17, 15) is 8.78 Å². The normalized spacial score (nSPS) is 16.6. The Kier molecular flexibility index (Phi) is 9.93. The third-order valence-corrected chi connectivity index (χ3v) is 4.52. The fourth-order valence-corrected chi connectivity index (χ4v) is 3.02. The van der Waals surface area contributed by atoms with Crippen LogP contribution in [0, 0.1) is 0 Å². The molecule has 2 N–H and O–H groups in total. The first-order chi connectivity index (χ1) is 14.0. The van der Waals surface area contributed by atoms with Gasteiger partial charge in [-0.15, -0.1) is 0 Å². The largest absolute Gasteiger partial charge is 0.490 e. The predicted molar refractivity (Wildman–Crippen MR) is 109 cm³/mol. The van der Waals surface area contributed by atoms with Gasteiger partial charge >= 0.3 is 6.61 Å². The average Bonchev–Trinajstić information content (AvgIpc) is 2.72. The molecule has 0 aromatic heterocycles. The minimum Gasteiger partial charge on any atom is -0.490 e. The summed E-state index contributed by atoms with van der Waals surface area (Å²) in [5.41, 5.74) is 0.841. The third-order valence-electron chi connectivity index (χ3n) is 4.52. The maximum Gasteiger partial charge on any atom is 0.387 e. The van der Waals surface area contributed by atoms with Crippen LogP contribution in [0.15, 0.2) is 23.2 Å². The van der Waals surface area contributed by atoms with Crippen molar-refractivity contribution < 1.29 is 23.0 Å². The maximum absolute atomic E-state index is 12.5. The van der Waals surface area contributed by atoms with E-state index < -0.39 is 6.61 Å². The second kappa shape index (κ2) is 12.4. The highest BCUT2D eigenvalue weighted by molar-refractivity contribution is 5.79. The summed E-state index contributed by atoms with van der Waals surface area (Å²) < 4.78 is 40.4. The molecule has 1 fully saturated rings. The Bertz CT molecular complexity index is 640. The van der Waals surface area contributed by atoms with Gasteiger partial charge in [-0.3, -0.25) is 4.90 Å². The van der Waals surface area contributed by atoms with Crippen molar-refractivity contribution in [1.29, 1.82) is 0 Å². The molecule has 0 spiro atoms. The first-order valence-electron chi connectivity index (χ1n) is 10.1. The van der Waals surface area contributed by atoms with Gasteiger partial charge in [0, 0.05) is 32.2 Å². The van der Waals surface area contributed by atoms with Crippen molar-refractivity contribution in [2.75, 3.05) is 46.0 Å². The van der Waals surface area contributed by atoms with Crippen LogP contribution in [0.1, 0.15) is 26.3 Å². The van der Waals surface area contributed by atoms with E-state index in [2.05, 4.69) is 32.2 Å². The molecule has 164 valence electrons. The van der Waals surface area contributed by atoms with E-state index in [4.69, 9.17) is 9.47 Å². The molecule has 1 unspecified atom stereocenters. The number of nitrogens with one attached hydrogen (secondary N) is 2. The van der Waals surface area contributed by atoms with Crippen molar-refractivity contribution in [3.63, 3.8) is 0 Å². The zero-order valence-corrected chi connectivity index (χ0v) is 17.4. The molecule has 1 aliphatic heterocycles. The SMILES string of the molecule is CCNC(=NCc1ccc(OC(F)F)c(OCC)c1)NCC(C)N1CCOCC1. The lowest BCUT2D eigenvalue weighted by Gasteiger charge is -2.32. The molecule has 1 saturated heterocycles. The van der Waals surface area contributed by atoms with Crippen LogP contribution in [0.25, 0.3) is 0 Å². The number of hydrogen-bond acceptors (Lipinski definition) is 5. The number of halogens is 2. The molecule has 1 aliphatic rings. The van der Waals surface area contributed by atoms with E-state index in [1.165, 1.54) is 6.07 Å². The van der Waals surface area contributed by atoms with Crippen molar-refractivity contribution >= 4 is 5.96 Å². The van der Waals surface area contributed by atoms with Crippen LogP contribution >= 0.6 is 0 Å². The van der Waals surface area contributed by atoms with Crippen LogP contribution < -0.4 is 20.1 Å². The van der Waals surface area contributed by atoms with Gasteiger partial charge in [0.25, 0.3) is 0 Å². The lowest BCUT2D eigenvalue weighted by molar-refractivity contribution is -0.0514. The first-order valence-corrected chi connectivity index (χ1v) is 10.1. The van der Waals surface area contributed by atoms with Crippen molar-refractivity contribution in [2.45, 2.75) is 40.0 Å². The van der Waals surface area contributed by atoms with Gasteiger partial charge < -0.3 is 24.8 Å². The number of ether oxygens (including phenoxy) is 3. The van der Waals surface area contributed by atoms with Gasteiger partial charge in [0.2, 0.25) is 0 Å². The lowest BCUT2D eigenvalue weighted by Crippen LogP contribution is -2.49. The van der Waals surface area contributed by atoms with Gasteiger partial charge in [-0.1, -0.05) is 6.07 Å². The minimum atomic E-state index is -2.89. The van der Waals surface area contributed by atoms with Gasteiger partial charge in [0.15, 0.2) is 17.5 Å². The molecule has 1 atom stereocenters. The molecule has 1 aromatic rings. The second-order valence-electron chi connectivity index (χ2n) is 6.67. The number of alkyl halides is 2. The molecular formula is C20H32F2N4O3. The van der Waals surface area contributed by atoms with Crippen LogP contribution in [-0.4, -0.2) is 69.5 Å². The monoisotopic (exact) mass is 414 g/mol. The molecular weight excluding hydrogens is 382 g/mol. The Balaban J connectivity index is 1.98. The van der Waals surface area contributed by atoms with Crippen LogP contribution in [0.5, 0.6) is 11.5 Å². The molecule has 0 amide bonds. The van der Waals surface area contributed by atoms with Gasteiger partial charge in [0.1, 0.15) is 0 Å². The Morgan fingerprint density at radius 1 is 1.21 bits per heavy atom. The standard InChI is InChI=1S/C20H32F2N4O3/c1-4-23-20(24-13-15(3)26-8-10-27-11-9-26)25-14-16-6-7-17(29-19(21)22)18(12-16)28-5-2/h6-7,12,15,19H,4-5,8-11,13-14H2,1-3H3,(H2,23,24,25).